The van der Waals surface area contributed by atoms with Gasteiger partial charge in [-0.25, -0.2) is 4.98 Å². The van der Waals surface area contributed by atoms with Crippen molar-refractivity contribution >= 4 is 11.6 Å². The first-order valence-corrected chi connectivity index (χ1v) is 8.50. The Kier molecular flexibility index (Phi) is 5.26. The zero-order valence-electron chi connectivity index (χ0n) is 14.1. The first-order valence-electron chi connectivity index (χ1n) is 8.50. The van der Waals surface area contributed by atoms with Crippen molar-refractivity contribution in [1.82, 2.24) is 14.3 Å². The molecule has 0 atom stereocenters. The summed E-state index contributed by atoms with van der Waals surface area (Å²) in [5.74, 6) is 0.208. The molecule has 24 heavy (non-hydrogen) atoms. The number of carbonyl (C=O) groups is 1. The van der Waals surface area contributed by atoms with Gasteiger partial charge >= 0.3 is 0 Å². The van der Waals surface area contributed by atoms with Gasteiger partial charge in [-0.2, -0.15) is 0 Å². The summed E-state index contributed by atoms with van der Waals surface area (Å²) >= 11 is 0. The van der Waals surface area contributed by atoms with Gasteiger partial charge in [0.2, 0.25) is 5.91 Å². The largest absolute Gasteiger partial charge is 0.337 e. The highest BCUT2D eigenvalue weighted by Crippen LogP contribution is 2.11. The Morgan fingerprint density at radius 2 is 1.92 bits per heavy atom. The quantitative estimate of drug-likeness (QED) is 0.665. The summed E-state index contributed by atoms with van der Waals surface area (Å²) in [4.78, 5) is 18.8. The second-order valence-corrected chi connectivity index (χ2v) is 5.93. The van der Waals surface area contributed by atoms with E-state index in [9.17, 15) is 4.79 Å². The maximum absolute atomic E-state index is 12.5. The van der Waals surface area contributed by atoms with Gasteiger partial charge in [0.25, 0.3) is 0 Å². The van der Waals surface area contributed by atoms with Crippen LogP contribution in [0.15, 0.2) is 60.9 Å². The Hall–Kier alpha value is -2.62. The molecule has 0 saturated heterocycles. The van der Waals surface area contributed by atoms with Crippen molar-refractivity contribution in [1.29, 1.82) is 0 Å². The van der Waals surface area contributed by atoms with Crippen LogP contribution in [0, 0.1) is 0 Å². The zero-order chi connectivity index (χ0) is 16.8. The monoisotopic (exact) mass is 321 g/mol. The molecule has 0 spiro atoms. The molecule has 0 N–H and O–H groups in total. The second-order valence-electron chi connectivity index (χ2n) is 5.93. The summed E-state index contributed by atoms with van der Waals surface area (Å²) in [7, 11) is 0. The number of amides is 1. The summed E-state index contributed by atoms with van der Waals surface area (Å²) in [6.45, 7) is 3.34. The molecule has 4 nitrogen and oxygen atoms in total. The third kappa shape index (κ3) is 3.82. The van der Waals surface area contributed by atoms with Crippen LogP contribution in [0.25, 0.3) is 5.65 Å². The molecular formula is C20H23N3O. The van der Waals surface area contributed by atoms with E-state index in [1.807, 2.05) is 65.0 Å². The molecule has 3 aromatic rings. The fraction of sp³-hybridized carbons (Fsp3) is 0.300. The molecule has 0 aliphatic carbocycles. The highest BCUT2D eigenvalue weighted by atomic mass is 16.2. The molecule has 1 amide bonds. The van der Waals surface area contributed by atoms with Gasteiger partial charge in [-0.1, -0.05) is 36.4 Å². The van der Waals surface area contributed by atoms with Crippen molar-refractivity contribution < 1.29 is 4.79 Å². The normalized spacial score (nSPS) is 10.9. The third-order valence-corrected chi connectivity index (χ3v) is 4.28. The number of pyridine rings is 1. The average molecular weight is 321 g/mol. The van der Waals surface area contributed by atoms with Gasteiger partial charge < -0.3 is 9.30 Å². The van der Waals surface area contributed by atoms with Crippen molar-refractivity contribution in [2.45, 2.75) is 32.7 Å². The molecule has 0 bridgehead atoms. The van der Waals surface area contributed by atoms with Gasteiger partial charge in [-0.3, -0.25) is 4.79 Å². The number of hydrogen-bond acceptors (Lipinski definition) is 2. The van der Waals surface area contributed by atoms with E-state index in [1.54, 1.807) is 0 Å². The maximum atomic E-state index is 12.5. The minimum atomic E-state index is 0.208. The molecule has 124 valence electrons. The number of rotatable bonds is 7. The van der Waals surface area contributed by atoms with Gasteiger partial charge in [0.15, 0.2) is 0 Å². The number of aromatic nitrogens is 2. The van der Waals surface area contributed by atoms with E-state index in [-0.39, 0.29) is 5.91 Å². The summed E-state index contributed by atoms with van der Waals surface area (Å²) in [6.07, 6.45) is 6.26. The van der Waals surface area contributed by atoms with Crippen LogP contribution in [0.4, 0.5) is 0 Å². The summed E-state index contributed by atoms with van der Waals surface area (Å²) in [6, 6.07) is 16.3. The van der Waals surface area contributed by atoms with Crippen molar-refractivity contribution in [2.24, 2.45) is 0 Å². The van der Waals surface area contributed by atoms with Crippen molar-refractivity contribution in [3.63, 3.8) is 0 Å². The number of aryl methyl sites for hydroxylation is 1. The van der Waals surface area contributed by atoms with E-state index < -0.39 is 0 Å². The Morgan fingerprint density at radius 3 is 2.71 bits per heavy atom. The summed E-state index contributed by atoms with van der Waals surface area (Å²) < 4.78 is 2.04. The van der Waals surface area contributed by atoms with E-state index in [0.717, 1.165) is 24.2 Å². The molecule has 2 aromatic heterocycles. The predicted octanol–water partition coefficient (Wildman–Crippen LogP) is 3.71. The topological polar surface area (TPSA) is 37.6 Å². The summed E-state index contributed by atoms with van der Waals surface area (Å²) in [5.41, 5.74) is 3.25. The second kappa shape index (κ2) is 7.77. The maximum Gasteiger partial charge on any atom is 0.222 e. The molecule has 0 aliphatic rings. The fourth-order valence-electron chi connectivity index (χ4n) is 2.92. The van der Waals surface area contributed by atoms with E-state index >= 15 is 0 Å². The van der Waals surface area contributed by atoms with Crippen LogP contribution >= 0.6 is 0 Å². The van der Waals surface area contributed by atoms with Crippen molar-refractivity contribution in [3.05, 3.63) is 72.2 Å². The number of nitrogens with zero attached hydrogens (tertiary/aromatic N) is 3. The Bertz CT molecular complexity index is 795. The molecule has 1 aromatic carbocycles. The highest BCUT2D eigenvalue weighted by molar-refractivity contribution is 5.76. The van der Waals surface area contributed by atoms with Gasteiger partial charge in [0.05, 0.1) is 18.4 Å². The van der Waals surface area contributed by atoms with Crippen LogP contribution in [-0.2, 0) is 17.8 Å². The lowest BCUT2D eigenvalue weighted by atomic mass is 10.1. The SMILES string of the molecule is CCN(Cc1cnc2ccccn12)C(=O)CCCc1ccccc1. The molecule has 3 rings (SSSR count). The van der Waals surface area contributed by atoms with Crippen molar-refractivity contribution in [2.75, 3.05) is 6.54 Å². The highest BCUT2D eigenvalue weighted by Gasteiger charge is 2.14. The third-order valence-electron chi connectivity index (χ3n) is 4.28. The molecule has 0 radical (unpaired) electrons. The molecule has 4 heteroatoms. The van der Waals surface area contributed by atoms with E-state index in [4.69, 9.17) is 0 Å². The van der Waals surface area contributed by atoms with E-state index in [0.29, 0.717) is 19.5 Å². The van der Waals surface area contributed by atoms with Crippen LogP contribution < -0.4 is 0 Å². The number of imidazole rings is 1. The molecule has 2 heterocycles. The fourth-order valence-corrected chi connectivity index (χ4v) is 2.92. The Balaban J connectivity index is 1.58. The molecule has 0 aliphatic heterocycles. The summed E-state index contributed by atoms with van der Waals surface area (Å²) in [5, 5.41) is 0. The van der Waals surface area contributed by atoms with Crippen LogP contribution in [0.3, 0.4) is 0 Å². The standard InChI is InChI=1S/C20H23N3O/c1-2-22(16-18-15-21-19-12-6-7-14-23(18)19)20(24)13-8-11-17-9-4-3-5-10-17/h3-7,9-10,12,14-15H,2,8,11,13,16H2,1H3. The van der Waals surface area contributed by atoms with Crippen molar-refractivity contribution in [3.8, 4) is 0 Å². The number of fused-ring (bicyclic) bond motifs is 1. The zero-order valence-corrected chi connectivity index (χ0v) is 14.1. The first-order chi connectivity index (χ1) is 11.8. The molecule has 0 fully saturated rings. The Morgan fingerprint density at radius 1 is 1.12 bits per heavy atom. The van der Waals surface area contributed by atoms with Crippen LogP contribution in [0.1, 0.15) is 31.0 Å². The van der Waals surface area contributed by atoms with E-state index in [2.05, 4.69) is 17.1 Å². The van der Waals surface area contributed by atoms with E-state index in [1.165, 1.54) is 5.56 Å². The van der Waals surface area contributed by atoms with Crippen LogP contribution in [0.5, 0.6) is 0 Å². The number of benzene rings is 1. The lowest BCUT2D eigenvalue weighted by Crippen LogP contribution is -2.30. The average Bonchev–Trinajstić information content (AvgIpc) is 3.03. The smallest absolute Gasteiger partial charge is 0.222 e. The molecule has 0 unspecified atom stereocenters. The van der Waals surface area contributed by atoms with Crippen LogP contribution in [-0.4, -0.2) is 26.7 Å². The van der Waals surface area contributed by atoms with Crippen LogP contribution in [0.2, 0.25) is 0 Å². The Labute approximate surface area is 142 Å². The molecule has 0 saturated carbocycles. The van der Waals surface area contributed by atoms with Gasteiger partial charge in [0.1, 0.15) is 5.65 Å². The van der Waals surface area contributed by atoms with Gasteiger partial charge in [-0.15, -0.1) is 0 Å². The minimum Gasteiger partial charge on any atom is -0.337 e. The number of hydrogen-bond donors (Lipinski definition) is 0. The molecular weight excluding hydrogens is 298 g/mol. The first kappa shape index (κ1) is 16.2. The van der Waals surface area contributed by atoms with Gasteiger partial charge in [0, 0.05) is 19.2 Å². The number of carbonyl (C=O) groups excluding carboxylic acids is 1. The lowest BCUT2D eigenvalue weighted by Gasteiger charge is -2.20. The van der Waals surface area contributed by atoms with Gasteiger partial charge in [-0.05, 0) is 37.5 Å². The predicted molar refractivity (Wildman–Crippen MR) is 95.7 cm³/mol. The lowest BCUT2D eigenvalue weighted by molar-refractivity contribution is -0.131. The minimum absolute atomic E-state index is 0.208.